The number of para-hydroxylation sites is 5. The van der Waals surface area contributed by atoms with Crippen molar-refractivity contribution in [3.8, 4) is 11.1 Å². The molecule has 0 unspecified atom stereocenters. The van der Waals surface area contributed by atoms with Crippen LogP contribution in [0.3, 0.4) is 0 Å². The number of nitrogens with zero attached hydrogens (tertiary/aromatic N) is 3. The molecule has 14 rings (SSSR count). The van der Waals surface area contributed by atoms with Crippen LogP contribution in [0, 0.1) is 0 Å². The van der Waals surface area contributed by atoms with Gasteiger partial charge in [0.25, 0.3) is 0 Å². The van der Waals surface area contributed by atoms with Crippen LogP contribution in [0.15, 0.2) is 265 Å². The molecule has 0 fully saturated rings. The molecule has 0 saturated heterocycles. The van der Waals surface area contributed by atoms with Crippen molar-refractivity contribution in [1.82, 2.24) is 0 Å². The summed E-state index contributed by atoms with van der Waals surface area (Å²) in [4.78, 5) is 7.26. The molecular formula is C66H43N3OS2. The minimum atomic E-state index is 0.892. The van der Waals surface area contributed by atoms with Crippen molar-refractivity contribution in [3.05, 3.63) is 261 Å². The third kappa shape index (κ3) is 7.19. The van der Waals surface area contributed by atoms with Gasteiger partial charge in [-0.3, -0.25) is 0 Å². The first kappa shape index (κ1) is 42.0. The van der Waals surface area contributed by atoms with Gasteiger partial charge in [0.05, 0.1) is 27.4 Å². The van der Waals surface area contributed by atoms with E-state index in [-0.39, 0.29) is 0 Å². The van der Waals surface area contributed by atoms with Crippen molar-refractivity contribution < 1.29 is 4.42 Å². The van der Waals surface area contributed by atoms with E-state index in [2.05, 4.69) is 263 Å². The normalized spacial score (nSPS) is 11.6. The van der Waals surface area contributed by atoms with Gasteiger partial charge in [0.1, 0.15) is 11.2 Å². The molecule has 0 aliphatic heterocycles. The van der Waals surface area contributed by atoms with Gasteiger partial charge < -0.3 is 19.1 Å². The van der Waals surface area contributed by atoms with Crippen LogP contribution in [-0.4, -0.2) is 0 Å². The molecule has 72 heavy (non-hydrogen) atoms. The number of benzene rings is 11. The van der Waals surface area contributed by atoms with E-state index in [1.165, 1.54) is 40.3 Å². The van der Waals surface area contributed by atoms with Crippen LogP contribution >= 0.6 is 22.7 Å². The van der Waals surface area contributed by atoms with E-state index in [1.54, 1.807) is 0 Å². The SMILES string of the molecule is c1ccc(N(c2ccc(-c3cccc4c3oc3ccccc34)cc2)c2cc(N(c3ccccc3)c3ccc4sc5ccccc5c4c3)cc(N(c3ccccc3)c3cccc4c3sc3ccccc34)c2)cc1. The monoisotopic (exact) mass is 957 g/mol. The summed E-state index contributed by atoms with van der Waals surface area (Å²) in [6.07, 6.45) is 0. The van der Waals surface area contributed by atoms with Crippen LogP contribution in [0.2, 0.25) is 0 Å². The molecule has 0 saturated carbocycles. The number of thiophene rings is 2. The molecule has 0 N–H and O–H groups in total. The van der Waals surface area contributed by atoms with Gasteiger partial charge in [0.15, 0.2) is 0 Å². The van der Waals surface area contributed by atoms with Crippen LogP contribution in [0.1, 0.15) is 0 Å². The molecule has 3 heterocycles. The Hall–Kier alpha value is -8.94. The minimum absolute atomic E-state index is 0.892. The average Bonchev–Trinajstić information content (AvgIpc) is 4.14. The summed E-state index contributed by atoms with van der Waals surface area (Å²) in [5.74, 6) is 0. The van der Waals surface area contributed by atoms with E-state index in [0.29, 0.717) is 0 Å². The first-order valence-electron chi connectivity index (χ1n) is 24.2. The molecule has 6 heteroatoms. The zero-order valence-electron chi connectivity index (χ0n) is 38.9. The van der Waals surface area contributed by atoms with Gasteiger partial charge in [-0.2, -0.15) is 0 Å². The highest BCUT2D eigenvalue weighted by Crippen LogP contribution is 2.50. The maximum atomic E-state index is 6.54. The zero-order chi connectivity index (χ0) is 47.5. The molecule has 0 aliphatic carbocycles. The summed E-state index contributed by atoms with van der Waals surface area (Å²) >= 11 is 3.69. The second-order valence-electron chi connectivity index (χ2n) is 18.1. The van der Waals surface area contributed by atoms with E-state index in [9.17, 15) is 0 Å². The second kappa shape index (κ2) is 17.5. The first-order chi connectivity index (χ1) is 35.7. The van der Waals surface area contributed by atoms with Crippen LogP contribution < -0.4 is 14.7 Å². The number of anilines is 9. The van der Waals surface area contributed by atoms with Gasteiger partial charge in [-0.05, 0) is 115 Å². The summed E-state index contributed by atoms with van der Waals surface area (Å²) in [5, 5.41) is 7.27. The molecule has 14 aromatic rings. The summed E-state index contributed by atoms with van der Waals surface area (Å²) in [7, 11) is 0. The van der Waals surface area contributed by atoms with E-state index in [4.69, 9.17) is 4.42 Å². The molecule has 0 amide bonds. The van der Waals surface area contributed by atoms with E-state index >= 15 is 0 Å². The van der Waals surface area contributed by atoms with Gasteiger partial charge in [-0.25, -0.2) is 0 Å². The smallest absolute Gasteiger partial charge is 0.143 e. The Labute approximate surface area is 424 Å². The Morgan fingerprint density at radius 3 is 1.43 bits per heavy atom. The standard InChI is InChI=1S/C66H43N3OS2/c1-4-18-45(19-5-1)67(48-36-34-44(35-37-48)53-27-16-28-57-54-24-10-13-31-61(54)70-65(53)57)50-40-51(68(46-20-6-2-7-21-46)49-38-39-64-59(43-49)56-26-12-14-32-62(56)71-64)42-52(41-50)69(47-22-8-3-9-23-47)60-30-17-29-58-55-25-11-15-33-63(55)72-66(58)60/h1-43H. The lowest BCUT2D eigenvalue weighted by Gasteiger charge is -2.33. The number of hydrogen-bond acceptors (Lipinski definition) is 6. The molecule has 11 aromatic carbocycles. The summed E-state index contributed by atoms with van der Waals surface area (Å²) in [5.41, 5.74) is 13.4. The molecule has 0 bridgehead atoms. The van der Waals surface area contributed by atoms with Crippen LogP contribution in [0.4, 0.5) is 51.2 Å². The van der Waals surface area contributed by atoms with Crippen molar-refractivity contribution in [2.75, 3.05) is 14.7 Å². The van der Waals surface area contributed by atoms with Crippen molar-refractivity contribution in [1.29, 1.82) is 0 Å². The predicted molar refractivity (Wildman–Crippen MR) is 309 cm³/mol. The summed E-state index contributed by atoms with van der Waals surface area (Å²) in [6.45, 7) is 0. The molecular weight excluding hydrogens is 915 g/mol. The van der Waals surface area contributed by atoms with Gasteiger partial charge in [-0.1, -0.05) is 152 Å². The van der Waals surface area contributed by atoms with Crippen LogP contribution in [0.25, 0.3) is 73.4 Å². The van der Waals surface area contributed by atoms with E-state index < -0.39 is 0 Å². The van der Waals surface area contributed by atoms with Crippen molar-refractivity contribution in [2.45, 2.75) is 0 Å². The third-order valence-corrected chi connectivity index (χ3v) is 16.1. The lowest BCUT2D eigenvalue weighted by Crippen LogP contribution is -2.16. The lowest BCUT2D eigenvalue weighted by molar-refractivity contribution is 0.670. The molecule has 0 aliphatic rings. The number of hydrogen-bond donors (Lipinski definition) is 0. The van der Waals surface area contributed by atoms with Crippen LogP contribution in [-0.2, 0) is 0 Å². The summed E-state index contributed by atoms with van der Waals surface area (Å²) < 4.78 is 11.6. The zero-order valence-corrected chi connectivity index (χ0v) is 40.5. The first-order valence-corrected chi connectivity index (χ1v) is 25.9. The second-order valence-corrected chi connectivity index (χ2v) is 20.2. The number of rotatable bonds is 10. The Morgan fingerprint density at radius 2 is 0.750 bits per heavy atom. The third-order valence-electron chi connectivity index (χ3n) is 13.8. The van der Waals surface area contributed by atoms with E-state index in [1.807, 2.05) is 34.8 Å². The maximum Gasteiger partial charge on any atom is 0.143 e. The largest absolute Gasteiger partial charge is 0.455 e. The van der Waals surface area contributed by atoms with Gasteiger partial charge in [-0.15, -0.1) is 22.7 Å². The van der Waals surface area contributed by atoms with Gasteiger partial charge >= 0.3 is 0 Å². The fraction of sp³-hybridized carbons (Fsp3) is 0. The quantitative estimate of drug-likeness (QED) is 0.136. The topological polar surface area (TPSA) is 22.9 Å². The lowest BCUT2D eigenvalue weighted by atomic mass is 10.0. The van der Waals surface area contributed by atoms with Crippen molar-refractivity contribution >= 4 is 136 Å². The Morgan fingerprint density at radius 1 is 0.278 bits per heavy atom. The van der Waals surface area contributed by atoms with Crippen LogP contribution in [0.5, 0.6) is 0 Å². The van der Waals surface area contributed by atoms with Crippen molar-refractivity contribution in [3.63, 3.8) is 0 Å². The van der Waals surface area contributed by atoms with E-state index in [0.717, 1.165) is 84.3 Å². The number of furan rings is 1. The maximum absolute atomic E-state index is 6.54. The molecule has 3 aromatic heterocycles. The van der Waals surface area contributed by atoms with Gasteiger partial charge in [0.2, 0.25) is 0 Å². The Bertz CT molecular complexity index is 4290. The Kier molecular flexibility index (Phi) is 10.2. The molecule has 4 nitrogen and oxygen atoms in total. The fourth-order valence-electron chi connectivity index (χ4n) is 10.5. The Balaban J connectivity index is 1.02. The molecule has 0 spiro atoms. The molecule has 340 valence electrons. The molecule has 0 atom stereocenters. The van der Waals surface area contributed by atoms with Crippen molar-refractivity contribution in [2.24, 2.45) is 0 Å². The highest BCUT2D eigenvalue weighted by molar-refractivity contribution is 7.26. The fourth-order valence-corrected chi connectivity index (χ4v) is 12.8. The highest BCUT2D eigenvalue weighted by Gasteiger charge is 2.25. The average molecular weight is 958 g/mol. The predicted octanol–water partition coefficient (Wildman–Crippen LogP) is 20.4. The molecule has 0 radical (unpaired) electrons. The minimum Gasteiger partial charge on any atom is -0.455 e. The summed E-state index contributed by atoms with van der Waals surface area (Å²) in [6, 6.07) is 94.3. The van der Waals surface area contributed by atoms with Gasteiger partial charge in [0, 0.05) is 80.4 Å². The highest BCUT2D eigenvalue weighted by atomic mass is 32.1. The number of fused-ring (bicyclic) bond motifs is 9.